The highest BCUT2D eigenvalue weighted by Crippen LogP contribution is 2.23. The van der Waals surface area contributed by atoms with Gasteiger partial charge in [0.1, 0.15) is 0 Å². The van der Waals surface area contributed by atoms with Crippen molar-refractivity contribution in [3.05, 3.63) is 38.9 Å². The summed E-state index contributed by atoms with van der Waals surface area (Å²) in [5, 5.41) is 10.7. The molecular formula is C9H10NO3Si. The summed E-state index contributed by atoms with van der Waals surface area (Å²) in [4.78, 5) is 10.3. The third-order valence-electron chi connectivity index (χ3n) is 2.12. The summed E-state index contributed by atoms with van der Waals surface area (Å²) in [5.74, 6) is 0. The summed E-state index contributed by atoms with van der Waals surface area (Å²) >= 11 is 0. The molecule has 0 atom stereocenters. The highest BCUT2D eigenvalue weighted by atomic mass is 28.2. The Morgan fingerprint density at radius 2 is 2.00 bits per heavy atom. The van der Waals surface area contributed by atoms with Crippen LogP contribution in [0, 0.1) is 24.0 Å². The molecule has 1 aromatic carbocycles. The van der Waals surface area contributed by atoms with Crippen LogP contribution >= 0.6 is 0 Å². The second-order valence-corrected chi connectivity index (χ2v) is 3.40. The Morgan fingerprint density at radius 3 is 2.50 bits per heavy atom. The molecule has 0 spiro atoms. The van der Waals surface area contributed by atoms with Gasteiger partial charge in [0.25, 0.3) is 5.69 Å². The standard InChI is InChI=1S/C9H10NO3Si/c1-6-3-8(5-13-14)9(10(11)12)4-7(6)2/h3-4H,5H2,1-2H3. The number of rotatable bonds is 3. The Labute approximate surface area is 85.6 Å². The number of aryl methyl sites for hydroxylation is 2. The van der Waals surface area contributed by atoms with Crippen molar-refractivity contribution in [2.75, 3.05) is 0 Å². The lowest BCUT2D eigenvalue weighted by atomic mass is 10.0. The molecule has 0 aromatic heterocycles. The van der Waals surface area contributed by atoms with Gasteiger partial charge >= 0.3 is 0 Å². The van der Waals surface area contributed by atoms with Gasteiger partial charge < -0.3 is 4.43 Å². The van der Waals surface area contributed by atoms with Gasteiger partial charge in [-0.15, -0.1) is 0 Å². The summed E-state index contributed by atoms with van der Waals surface area (Å²) in [5.41, 5.74) is 2.61. The van der Waals surface area contributed by atoms with E-state index in [1.807, 2.05) is 13.8 Å². The van der Waals surface area contributed by atoms with Crippen molar-refractivity contribution in [1.29, 1.82) is 0 Å². The summed E-state index contributed by atoms with van der Waals surface area (Å²) in [7, 11) is 2.84. The first-order valence-electron chi connectivity index (χ1n) is 4.09. The Balaban J connectivity index is 3.24. The predicted octanol–water partition coefficient (Wildman–Crippen LogP) is 1.81. The molecule has 3 radical (unpaired) electrons. The van der Waals surface area contributed by atoms with Crippen LogP contribution in [0.5, 0.6) is 0 Å². The third kappa shape index (κ3) is 2.18. The van der Waals surface area contributed by atoms with Gasteiger partial charge in [0, 0.05) is 6.07 Å². The molecule has 0 aliphatic carbocycles. The predicted molar refractivity (Wildman–Crippen MR) is 53.1 cm³/mol. The first-order valence-corrected chi connectivity index (χ1v) is 4.50. The van der Waals surface area contributed by atoms with Crippen LogP contribution in [-0.4, -0.2) is 15.4 Å². The molecule has 0 fully saturated rings. The first-order chi connectivity index (χ1) is 6.56. The van der Waals surface area contributed by atoms with Crippen molar-refractivity contribution in [3.8, 4) is 0 Å². The second-order valence-electron chi connectivity index (χ2n) is 3.11. The second kappa shape index (κ2) is 4.34. The number of nitro groups is 1. The number of nitro benzene ring substituents is 1. The van der Waals surface area contributed by atoms with Crippen LogP contribution in [0.15, 0.2) is 12.1 Å². The molecule has 0 heterocycles. The van der Waals surface area contributed by atoms with Crippen LogP contribution in [0.4, 0.5) is 5.69 Å². The Morgan fingerprint density at radius 1 is 1.43 bits per heavy atom. The van der Waals surface area contributed by atoms with Gasteiger partial charge in [-0.3, -0.25) is 10.1 Å². The molecule has 0 amide bonds. The molecule has 1 aromatic rings. The number of hydrogen-bond acceptors (Lipinski definition) is 3. The fraction of sp³-hybridized carbons (Fsp3) is 0.333. The lowest BCUT2D eigenvalue weighted by Crippen LogP contribution is -1.99. The van der Waals surface area contributed by atoms with Gasteiger partial charge in [0.15, 0.2) is 0 Å². The van der Waals surface area contributed by atoms with Crippen LogP contribution in [0.3, 0.4) is 0 Å². The van der Waals surface area contributed by atoms with Crippen molar-refractivity contribution in [1.82, 2.24) is 0 Å². The third-order valence-corrected chi connectivity index (χ3v) is 2.26. The molecule has 0 unspecified atom stereocenters. The van der Waals surface area contributed by atoms with Crippen LogP contribution in [0.1, 0.15) is 16.7 Å². The molecule has 0 N–H and O–H groups in total. The average molecular weight is 208 g/mol. The lowest BCUT2D eigenvalue weighted by molar-refractivity contribution is -0.385. The minimum atomic E-state index is -0.396. The van der Waals surface area contributed by atoms with E-state index >= 15 is 0 Å². The zero-order valence-electron chi connectivity index (χ0n) is 8.03. The molecule has 0 saturated carbocycles. The van der Waals surface area contributed by atoms with Crippen LogP contribution in [-0.2, 0) is 11.0 Å². The van der Waals surface area contributed by atoms with Gasteiger partial charge in [0.05, 0.1) is 17.1 Å². The Kier molecular flexibility index (Phi) is 3.37. The molecule has 1 rings (SSSR count). The van der Waals surface area contributed by atoms with E-state index in [0.717, 1.165) is 11.1 Å². The summed E-state index contributed by atoms with van der Waals surface area (Å²) in [6.07, 6.45) is 0. The molecule has 0 bridgehead atoms. The summed E-state index contributed by atoms with van der Waals surface area (Å²) in [6.45, 7) is 3.95. The van der Waals surface area contributed by atoms with E-state index < -0.39 is 4.92 Å². The van der Waals surface area contributed by atoms with E-state index in [4.69, 9.17) is 4.43 Å². The average Bonchev–Trinajstić information content (AvgIpc) is 2.11. The molecule has 0 saturated heterocycles. The van der Waals surface area contributed by atoms with Crippen molar-refractivity contribution in [3.63, 3.8) is 0 Å². The van der Waals surface area contributed by atoms with E-state index in [2.05, 4.69) is 10.5 Å². The zero-order valence-corrected chi connectivity index (χ0v) is 9.03. The number of nitrogens with zero attached hydrogens (tertiary/aromatic N) is 1. The van der Waals surface area contributed by atoms with E-state index in [1.54, 1.807) is 12.1 Å². The monoisotopic (exact) mass is 208 g/mol. The molecule has 0 aliphatic heterocycles. The maximum atomic E-state index is 10.7. The number of hydrogen-bond donors (Lipinski definition) is 0. The molecule has 4 nitrogen and oxygen atoms in total. The largest absolute Gasteiger partial charge is 0.414 e. The van der Waals surface area contributed by atoms with Crippen molar-refractivity contribution < 1.29 is 9.35 Å². The molecule has 0 aliphatic rings. The van der Waals surface area contributed by atoms with Gasteiger partial charge in [-0.1, -0.05) is 0 Å². The fourth-order valence-electron chi connectivity index (χ4n) is 1.22. The van der Waals surface area contributed by atoms with Crippen molar-refractivity contribution in [2.45, 2.75) is 20.5 Å². The highest BCUT2D eigenvalue weighted by Gasteiger charge is 2.14. The molecule has 5 heteroatoms. The summed E-state index contributed by atoms with van der Waals surface area (Å²) in [6, 6.07) is 3.34. The van der Waals surface area contributed by atoms with E-state index in [-0.39, 0.29) is 12.3 Å². The van der Waals surface area contributed by atoms with Gasteiger partial charge in [-0.05, 0) is 31.0 Å². The fourth-order valence-corrected chi connectivity index (χ4v) is 1.38. The van der Waals surface area contributed by atoms with Crippen molar-refractivity contribution >= 4 is 16.2 Å². The zero-order chi connectivity index (χ0) is 10.7. The van der Waals surface area contributed by atoms with E-state index in [0.29, 0.717) is 5.56 Å². The molecule has 14 heavy (non-hydrogen) atoms. The number of benzene rings is 1. The van der Waals surface area contributed by atoms with Crippen molar-refractivity contribution in [2.24, 2.45) is 0 Å². The van der Waals surface area contributed by atoms with Crippen LogP contribution in [0.2, 0.25) is 0 Å². The maximum absolute atomic E-state index is 10.7. The minimum absolute atomic E-state index is 0.103. The van der Waals surface area contributed by atoms with Gasteiger partial charge in [-0.2, -0.15) is 0 Å². The SMILES string of the molecule is Cc1cc(CO[Si])c([N+](=O)[O-])cc1C. The molecule has 73 valence electrons. The first kappa shape index (κ1) is 10.9. The molecular weight excluding hydrogens is 198 g/mol. The van der Waals surface area contributed by atoms with Gasteiger partial charge in [0.2, 0.25) is 10.5 Å². The highest BCUT2D eigenvalue weighted by molar-refractivity contribution is 5.97. The minimum Gasteiger partial charge on any atom is -0.414 e. The Bertz CT molecular complexity index is 365. The van der Waals surface area contributed by atoms with E-state index in [1.165, 1.54) is 0 Å². The van der Waals surface area contributed by atoms with E-state index in [9.17, 15) is 10.1 Å². The normalized spacial score (nSPS) is 10.2. The van der Waals surface area contributed by atoms with Crippen LogP contribution < -0.4 is 0 Å². The summed E-state index contributed by atoms with van der Waals surface area (Å²) < 4.78 is 4.71. The lowest BCUT2D eigenvalue weighted by Gasteiger charge is -2.05. The Hall–Kier alpha value is -1.20. The van der Waals surface area contributed by atoms with Crippen LogP contribution in [0.25, 0.3) is 0 Å². The topological polar surface area (TPSA) is 52.4 Å². The quantitative estimate of drug-likeness (QED) is 0.432. The maximum Gasteiger partial charge on any atom is 0.275 e. The van der Waals surface area contributed by atoms with Gasteiger partial charge in [-0.25, -0.2) is 0 Å². The smallest absolute Gasteiger partial charge is 0.275 e.